The Labute approximate surface area is 115 Å². The van der Waals surface area contributed by atoms with Crippen LogP contribution in [0.2, 0.25) is 0 Å². The lowest BCUT2D eigenvalue weighted by atomic mass is 10.0. The molecule has 2 atom stereocenters. The number of hydrogen-bond donors (Lipinski definition) is 3. The topological polar surface area (TPSA) is 102 Å². The Morgan fingerprint density at radius 2 is 2.05 bits per heavy atom. The van der Waals surface area contributed by atoms with Gasteiger partial charge in [-0.15, -0.1) is 0 Å². The average molecular weight is 279 g/mol. The van der Waals surface area contributed by atoms with E-state index in [9.17, 15) is 14.0 Å². The average Bonchev–Trinajstić information content (AvgIpc) is 2.39. The first-order valence-electron chi connectivity index (χ1n) is 5.85. The Kier molecular flexibility index (Phi) is 5.03. The van der Waals surface area contributed by atoms with Crippen molar-refractivity contribution in [2.45, 2.75) is 19.9 Å². The van der Waals surface area contributed by atoms with Crippen molar-refractivity contribution in [2.75, 3.05) is 5.32 Å². The lowest BCUT2D eigenvalue weighted by Crippen LogP contribution is -2.42. The van der Waals surface area contributed by atoms with Gasteiger partial charge in [0.1, 0.15) is 11.9 Å². The van der Waals surface area contributed by atoms with E-state index in [1.807, 2.05) is 0 Å². The molecular weight excluding hydrogens is 265 g/mol. The van der Waals surface area contributed by atoms with E-state index in [1.54, 1.807) is 13.0 Å². The van der Waals surface area contributed by atoms with Crippen molar-refractivity contribution < 1.29 is 19.1 Å². The van der Waals surface area contributed by atoms with Gasteiger partial charge in [0.05, 0.1) is 17.2 Å². The Balaban J connectivity index is 2.73. The molecule has 1 aromatic carbocycles. The van der Waals surface area contributed by atoms with Crippen LogP contribution in [0.1, 0.15) is 19.4 Å². The first kappa shape index (κ1) is 15.4. The molecule has 0 aliphatic carbocycles. The van der Waals surface area contributed by atoms with E-state index in [0.717, 1.165) is 12.1 Å². The SMILES string of the molecule is CC(NC(=O)Nc1ccc(F)cc1C#N)C(C)C(=O)O. The summed E-state index contributed by atoms with van der Waals surface area (Å²) in [7, 11) is 0. The van der Waals surface area contributed by atoms with Gasteiger partial charge in [0, 0.05) is 6.04 Å². The summed E-state index contributed by atoms with van der Waals surface area (Å²) in [6.07, 6.45) is 0. The molecule has 1 aromatic rings. The Bertz CT molecular complexity index is 568. The number of urea groups is 1. The number of rotatable bonds is 4. The van der Waals surface area contributed by atoms with E-state index in [0.29, 0.717) is 0 Å². The molecule has 1 rings (SSSR count). The molecule has 6 nitrogen and oxygen atoms in total. The van der Waals surface area contributed by atoms with Gasteiger partial charge in [-0.3, -0.25) is 4.79 Å². The number of anilines is 1. The highest BCUT2D eigenvalue weighted by Crippen LogP contribution is 2.16. The smallest absolute Gasteiger partial charge is 0.319 e. The summed E-state index contributed by atoms with van der Waals surface area (Å²) in [5.41, 5.74) is 0.140. The predicted molar refractivity (Wildman–Crippen MR) is 69.5 cm³/mol. The van der Waals surface area contributed by atoms with Gasteiger partial charge in [-0.25, -0.2) is 9.18 Å². The third-order valence-corrected chi connectivity index (χ3v) is 2.85. The Morgan fingerprint density at radius 3 is 2.60 bits per heavy atom. The molecule has 20 heavy (non-hydrogen) atoms. The maximum Gasteiger partial charge on any atom is 0.319 e. The summed E-state index contributed by atoms with van der Waals surface area (Å²) in [6, 6.07) is 3.87. The van der Waals surface area contributed by atoms with Gasteiger partial charge in [-0.2, -0.15) is 5.26 Å². The van der Waals surface area contributed by atoms with Gasteiger partial charge in [0.2, 0.25) is 0 Å². The van der Waals surface area contributed by atoms with Gasteiger partial charge in [0.25, 0.3) is 0 Å². The Hall–Kier alpha value is -2.62. The zero-order valence-corrected chi connectivity index (χ0v) is 11.0. The molecule has 0 aliphatic heterocycles. The fourth-order valence-electron chi connectivity index (χ4n) is 1.42. The molecule has 106 valence electrons. The standard InChI is InChI=1S/C13H14FN3O3/c1-7(12(18)19)8(2)16-13(20)17-11-4-3-10(14)5-9(11)6-15/h3-5,7-8H,1-2H3,(H,18,19)(H2,16,17,20). The van der Waals surface area contributed by atoms with Gasteiger partial charge in [-0.05, 0) is 32.0 Å². The van der Waals surface area contributed by atoms with Crippen LogP contribution in [-0.2, 0) is 4.79 Å². The van der Waals surface area contributed by atoms with Crippen molar-refractivity contribution in [1.29, 1.82) is 5.26 Å². The normalized spacial score (nSPS) is 12.9. The van der Waals surface area contributed by atoms with Crippen LogP contribution in [0.15, 0.2) is 18.2 Å². The molecule has 0 saturated carbocycles. The minimum absolute atomic E-state index is 0.0147. The number of nitriles is 1. The van der Waals surface area contributed by atoms with Gasteiger partial charge in [0.15, 0.2) is 0 Å². The molecule has 2 amide bonds. The summed E-state index contributed by atoms with van der Waals surface area (Å²) in [5, 5.41) is 22.5. The Morgan fingerprint density at radius 1 is 1.40 bits per heavy atom. The van der Waals surface area contributed by atoms with Crippen molar-refractivity contribution in [3.8, 4) is 6.07 Å². The third kappa shape index (κ3) is 3.95. The zero-order valence-electron chi connectivity index (χ0n) is 11.0. The van der Waals surface area contributed by atoms with Crippen LogP contribution in [-0.4, -0.2) is 23.1 Å². The highest BCUT2D eigenvalue weighted by molar-refractivity contribution is 5.91. The molecule has 0 spiro atoms. The molecule has 0 bridgehead atoms. The molecule has 0 radical (unpaired) electrons. The molecule has 3 N–H and O–H groups in total. The lowest BCUT2D eigenvalue weighted by molar-refractivity contribution is -0.141. The molecule has 0 fully saturated rings. The van der Waals surface area contributed by atoms with Crippen LogP contribution in [0.5, 0.6) is 0 Å². The maximum absolute atomic E-state index is 12.9. The molecule has 2 unspecified atom stereocenters. The number of aliphatic carboxylic acids is 1. The second kappa shape index (κ2) is 6.52. The molecule has 0 aliphatic rings. The summed E-state index contributed by atoms with van der Waals surface area (Å²) in [4.78, 5) is 22.4. The highest BCUT2D eigenvalue weighted by Gasteiger charge is 2.21. The summed E-state index contributed by atoms with van der Waals surface area (Å²) >= 11 is 0. The highest BCUT2D eigenvalue weighted by atomic mass is 19.1. The number of hydrogen-bond acceptors (Lipinski definition) is 3. The molecular formula is C13H14FN3O3. The number of benzene rings is 1. The molecule has 0 saturated heterocycles. The van der Waals surface area contributed by atoms with E-state index in [-0.39, 0.29) is 11.3 Å². The monoisotopic (exact) mass is 279 g/mol. The van der Waals surface area contributed by atoms with Crippen LogP contribution < -0.4 is 10.6 Å². The van der Waals surface area contributed by atoms with E-state index in [2.05, 4.69) is 10.6 Å². The van der Waals surface area contributed by atoms with Crippen molar-refractivity contribution in [3.05, 3.63) is 29.6 Å². The number of nitrogens with zero attached hydrogens (tertiary/aromatic N) is 1. The number of carbonyl (C=O) groups excluding carboxylic acids is 1. The fraction of sp³-hybridized carbons (Fsp3) is 0.308. The maximum atomic E-state index is 12.9. The van der Waals surface area contributed by atoms with Crippen LogP contribution in [0, 0.1) is 23.1 Å². The van der Waals surface area contributed by atoms with Gasteiger partial charge < -0.3 is 15.7 Å². The number of nitrogens with one attached hydrogen (secondary N) is 2. The van der Waals surface area contributed by atoms with Crippen LogP contribution in [0.3, 0.4) is 0 Å². The lowest BCUT2D eigenvalue weighted by Gasteiger charge is -2.18. The largest absolute Gasteiger partial charge is 0.481 e. The number of carboxylic acid groups (broad SMARTS) is 1. The molecule has 7 heteroatoms. The van der Waals surface area contributed by atoms with Crippen LogP contribution >= 0.6 is 0 Å². The van der Waals surface area contributed by atoms with E-state index in [1.165, 1.54) is 13.0 Å². The van der Waals surface area contributed by atoms with Gasteiger partial charge >= 0.3 is 12.0 Å². The first-order chi connectivity index (χ1) is 9.35. The van der Waals surface area contributed by atoms with Gasteiger partial charge in [-0.1, -0.05) is 0 Å². The van der Waals surface area contributed by atoms with Crippen molar-refractivity contribution in [2.24, 2.45) is 5.92 Å². The first-order valence-corrected chi connectivity index (χ1v) is 5.85. The minimum atomic E-state index is -1.03. The van der Waals surface area contributed by atoms with Crippen LogP contribution in [0.4, 0.5) is 14.9 Å². The number of carboxylic acids is 1. The van der Waals surface area contributed by atoms with E-state index < -0.39 is 29.8 Å². The molecule has 0 aromatic heterocycles. The second-order valence-corrected chi connectivity index (χ2v) is 4.32. The summed E-state index contributed by atoms with van der Waals surface area (Å²) in [6.45, 7) is 3.01. The quantitative estimate of drug-likeness (QED) is 0.783. The van der Waals surface area contributed by atoms with E-state index >= 15 is 0 Å². The second-order valence-electron chi connectivity index (χ2n) is 4.32. The minimum Gasteiger partial charge on any atom is -0.481 e. The number of carbonyl (C=O) groups is 2. The predicted octanol–water partition coefficient (Wildman–Crippen LogP) is 1.93. The van der Waals surface area contributed by atoms with Crippen molar-refractivity contribution in [3.63, 3.8) is 0 Å². The summed E-state index contributed by atoms with van der Waals surface area (Å²) < 4.78 is 12.9. The third-order valence-electron chi connectivity index (χ3n) is 2.85. The molecule has 0 heterocycles. The number of amides is 2. The number of halogens is 1. The van der Waals surface area contributed by atoms with Crippen molar-refractivity contribution >= 4 is 17.7 Å². The van der Waals surface area contributed by atoms with E-state index in [4.69, 9.17) is 10.4 Å². The zero-order chi connectivity index (χ0) is 15.3. The van der Waals surface area contributed by atoms with Crippen LogP contribution in [0.25, 0.3) is 0 Å². The fourth-order valence-corrected chi connectivity index (χ4v) is 1.42. The van der Waals surface area contributed by atoms with Crippen molar-refractivity contribution in [1.82, 2.24) is 5.32 Å². The summed E-state index contributed by atoms with van der Waals surface area (Å²) in [5.74, 6) is -2.37.